The fourth-order valence-corrected chi connectivity index (χ4v) is 4.13. The Balaban J connectivity index is 2.13. The molecule has 0 aromatic heterocycles. The lowest BCUT2D eigenvalue weighted by atomic mass is 10.1. The zero-order valence-corrected chi connectivity index (χ0v) is 19.4. The lowest BCUT2D eigenvalue weighted by Crippen LogP contribution is -2.31. The largest absolute Gasteiger partial charge is 0.493 e. The maximum atomic E-state index is 13.2. The molecule has 1 amide bonds. The Morgan fingerprint density at radius 1 is 0.969 bits per heavy atom. The highest BCUT2D eigenvalue weighted by Crippen LogP contribution is 2.37. The Labute approximate surface area is 192 Å². The number of rotatable bonds is 8. The summed E-state index contributed by atoms with van der Waals surface area (Å²) in [6.45, 7) is -0.00287. The number of para-hydroxylation sites is 1. The number of ether oxygens (including phenoxy) is 2. The predicted molar refractivity (Wildman–Crippen MR) is 126 cm³/mol. The molecule has 0 aliphatic heterocycles. The molecule has 32 heavy (non-hydrogen) atoms. The number of amides is 1. The van der Waals surface area contributed by atoms with E-state index in [-0.39, 0.29) is 17.8 Å². The highest BCUT2D eigenvalue weighted by molar-refractivity contribution is 7.92. The third kappa shape index (κ3) is 5.52. The summed E-state index contributed by atoms with van der Waals surface area (Å²) in [6, 6.07) is 18.6. The van der Waals surface area contributed by atoms with E-state index < -0.39 is 15.9 Å². The number of halogens is 1. The normalized spacial score (nSPS) is 11.0. The molecule has 0 aliphatic rings. The summed E-state index contributed by atoms with van der Waals surface area (Å²) in [6.07, 6.45) is 1.08. The summed E-state index contributed by atoms with van der Waals surface area (Å²) < 4.78 is 37.4. The van der Waals surface area contributed by atoms with Crippen molar-refractivity contribution >= 4 is 38.9 Å². The monoisotopic (exact) mass is 474 g/mol. The van der Waals surface area contributed by atoms with E-state index in [1.807, 2.05) is 6.07 Å². The summed E-state index contributed by atoms with van der Waals surface area (Å²) in [7, 11) is -0.893. The molecule has 0 heterocycles. The molecule has 1 N–H and O–H groups in total. The second-order valence-corrected chi connectivity index (χ2v) is 9.28. The van der Waals surface area contributed by atoms with Gasteiger partial charge in [0, 0.05) is 16.8 Å². The van der Waals surface area contributed by atoms with Crippen LogP contribution in [-0.2, 0) is 16.6 Å². The summed E-state index contributed by atoms with van der Waals surface area (Å²) >= 11 is 5.96. The van der Waals surface area contributed by atoms with Gasteiger partial charge < -0.3 is 14.8 Å². The van der Waals surface area contributed by atoms with E-state index in [2.05, 4.69) is 5.32 Å². The molecule has 0 bridgehead atoms. The van der Waals surface area contributed by atoms with Crippen LogP contribution >= 0.6 is 11.6 Å². The standard InChI is InChI=1S/C23H23ClN2O5S/c1-30-21-13-19(23(27)25-18-7-5-4-6-8-18)20(14-22(21)31-2)26(32(3,28)29)15-16-9-11-17(24)12-10-16/h4-14H,15H2,1-3H3,(H,25,27). The first kappa shape index (κ1) is 23.4. The van der Waals surface area contributed by atoms with Crippen molar-refractivity contribution in [2.24, 2.45) is 0 Å². The SMILES string of the molecule is COc1cc(C(=O)Nc2ccccc2)c(N(Cc2ccc(Cl)cc2)S(C)(=O)=O)cc1OC. The Hall–Kier alpha value is -3.23. The molecule has 0 atom stereocenters. The van der Waals surface area contributed by atoms with Crippen molar-refractivity contribution in [2.75, 3.05) is 30.1 Å². The zero-order valence-electron chi connectivity index (χ0n) is 17.8. The van der Waals surface area contributed by atoms with Crippen molar-refractivity contribution in [3.05, 3.63) is 82.9 Å². The first-order chi connectivity index (χ1) is 15.2. The predicted octanol–water partition coefficient (Wildman–Crippen LogP) is 4.58. The van der Waals surface area contributed by atoms with Gasteiger partial charge in [-0.2, -0.15) is 0 Å². The number of benzene rings is 3. The highest BCUT2D eigenvalue weighted by Gasteiger charge is 2.26. The first-order valence-electron chi connectivity index (χ1n) is 9.57. The van der Waals surface area contributed by atoms with Crippen molar-refractivity contribution in [3.8, 4) is 11.5 Å². The van der Waals surface area contributed by atoms with E-state index in [0.717, 1.165) is 10.6 Å². The zero-order chi connectivity index (χ0) is 23.3. The number of nitrogens with zero attached hydrogens (tertiary/aromatic N) is 1. The number of carbonyl (C=O) groups excluding carboxylic acids is 1. The summed E-state index contributed by atoms with van der Waals surface area (Å²) in [4.78, 5) is 13.2. The minimum absolute atomic E-state index is 0.00287. The van der Waals surface area contributed by atoms with Crippen LogP contribution in [0.15, 0.2) is 66.7 Å². The van der Waals surface area contributed by atoms with Crippen LogP contribution in [0.1, 0.15) is 15.9 Å². The number of anilines is 2. The van der Waals surface area contributed by atoms with Gasteiger partial charge in [0.2, 0.25) is 10.0 Å². The average Bonchev–Trinajstić information content (AvgIpc) is 2.77. The summed E-state index contributed by atoms with van der Waals surface area (Å²) in [5.74, 6) is 0.106. The molecule has 3 rings (SSSR count). The molecule has 0 spiro atoms. The van der Waals surface area contributed by atoms with Crippen LogP contribution in [0.2, 0.25) is 5.02 Å². The number of sulfonamides is 1. The van der Waals surface area contributed by atoms with Crippen molar-refractivity contribution in [1.29, 1.82) is 0 Å². The number of hydrogen-bond donors (Lipinski definition) is 1. The van der Waals surface area contributed by atoms with E-state index in [1.54, 1.807) is 48.5 Å². The van der Waals surface area contributed by atoms with Crippen LogP contribution in [0.5, 0.6) is 11.5 Å². The van der Waals surface area contributed by atoms with Gasteiger partial charge in [0.05, 0.1) is 38.3 Å². The fourth-order valence-electron chi connectivity index (χ4n) is 3.11. The second-order valence-electron chi connectivity index (χ2n) is 6.94. The number of carbonyl (C=O) groups is 1. The van der Waals surface area contributed by atoms with E-state index in [0.29, 0.717) is 27.8 Å². The van der Waals surface area contributed by atoms with Crippen molar-refractivity contribution in [2.45, 2.75) is 6.54 Å². The minimum atomic E-state index is -3.78. The van der Waals surface area contributed by atoms with Crippen molar-refractivity contribution in [3.63, 3.8) is 0 Å². The lowest BCUT2D eigenvalue weighted by molar-refractivity contribution is 0.102. The minimum Gasteiger partial charge on any atom is -0.493 e. The molecule has 0 unspecified atom stereocenters. The van der Waals surface area contributed by atoms with Gasteiger partial charge >= 0.3 is 0 Å². The molecular formula is C23H23ClN2O5S. The first-order valence-corrected chi connectivity index (χ1v) is 11.8. The highest BCUT2D eigenvalue weighted by atomic mass is 35.5. The Bertz CT molecular complexity index is 1200. The van der Waals surface area contributed by atoms with Crippen LogP contribution in [-0.4, -0.2) is 34.8 Å². The molecule has 168 valence electrons. The molecular weight excluding hydrogens is 452 g/mol. The maximum Gasteiger partial charge on any atom is 0.257 e. The maximum absolute atomic E-state index is 13.2. The van der Waals surface area contributed by atoms with E-state index in [4.69, 9.17) is 21.1 Å². The summed E-state index contributed by atoms with van der Waals surface area (Å²) in [5, 5.41) is 3.33. The van der Waals surface area contributed by atoms with E-state index >= 15 is 0 Å². The Morgan fingerprint density at radius 2 is 1.56 bits per heavy atom. The van der Waals surface area contributed by atoms with E-state index in [1.165, 1.54) is 26.4 Å². The summed E-state index contributed by atoms with van der Waals surface area (Å²) in [5.41, 5.74) is 1.55. The molecule has 0 fully saturated rings. The Kier molecular flexibility index (Phi) is 7.27. The number of nitrogens with one attached hydrogen (secondary N) is 1. The van der Waals surface area contributed by atoms with Crippen LogP contribution < -0.4 is 19.1 Å². The van der Waals surface area contributed by atoms with Gasteiger partial charge in [-0.1, -0.05) is 41.9 Å². The van der Waals surface area contributed by atoms with Crippen LogP contribution in [0.25, 0.3) is 0 Å². The lowest BCUT2D eigenvalue weighted by Gasteiger charge is -2.26. The molecule has 0 aliphatic carbocycles. The topological polar surface area (TPSA) is 84.9 Å². The molecule has 0 saturated heterocycles. The third-order valence-corrected chi connectivity index (χ3v) is 6.07. The third-order valence-electron chi connectivity index (χ3n) is 4.69. The Morgan fingerprint density at radius 3 is 2.12 bits per heavy atom. The number of methoxy groups -OCH3 is 2. The van der Waals surface area contributed by atoms with Gasteiger partial charge in [0.15, 0.2) is 11.5 Å². The van der Waals surface area contributed by atoms with Gasteiger partial charge in [-0.3, -0.25) is 9.10 Å². The van der Waals surface area contributed by atoms with Crippen molar-refractivity contribution in [1.82, 2.24) is 0 Å². The smallest absolute Gasteiger partial charge is 0.257 e. The van der Waals surface area contributed by atoms with Crippen molar-refractivity contribution < 1.29 is 22.7 Å². The van der Waals surface area contributed by atoms with Crippen LogP contribution in [0.3, 0.4) is 0 Å². The van der Waals surface area contributed by atoms with Gasteiger partial charge in [0.25, 0.3) is 5.91 Å². The van der Waals surface area contributed by atoms with Gasteiger partial charge in [-0.05, 0) is 35.9 Å². The number of hydrogen-bond acceptors (Lipinski definition) is 5. The van der Waals surface area contributed by atoms with Crippen LogP contribution in [0, 0.1) is 0 Å². The molecule has 3 aromatic carbocycles. The van der Waals surface area contributed by atoms with Gasteiger partial charge in [-0.15, -0.1) is 0 Å². The van der Waals surface area contributed by atoms with Gasteiger partial charge in [-0.25, -0.2) is 8.42 Å². The molecule has 0 radical (unpaired) electrons. The van der Waals surface area contributed by atoms with Crippen LogP contribution in [0.4, 0.5) is 11.4 Å². The van der Waals surface area contributed by atoms with Gasteiger partial charge in [0.1, 0.15) is 0 Å². The fraction of sp³-hybridized carbons (Fsp3) is 0.174. The molecule has 0 saturated carbocycles. The average molecular weight is 475 g/mol. The molecule has 9 heteroatoms. The van der Waals surface area contributed by atoms with E-state index in [9.17, 15) is 13.2 Å². The second kappa shape index (κ2) is 9.93. The molecule has 7 nitrogen and oxygen atoms in total. The molecule has 3 aromatic rings. The quantitative estimate of drug-likeness (QED) is 0.516.